The predicted molar refractivity (Wildman–Crippen MR) is 135 cm³/mol. The van der Waals surface area contributed by atoms with E-state index in [2.05, 4.69) is 21.2 Å². The van der Waals surface area contributed by atoms with Gasteiger partial charge in [0.05, 0.1) is 11.5 Å². The first-order chi connectivity index (χ1) is 15.9. The van der Waals surface area contributed by atoms with Crippen molar-refractivity contribution in [2.75, 3.05) is 18.1 Å². The fourth-order valence-corrected chi connectivity index (χ4v) is 6.20. The summed E-state index contributed by atoms with van der Waals surface area (Å²) in [6, 6.07) is 8.66. The van der Waals surface area contributed by atoms with E-state index in [1.165, 1.54) is 6.07 Å². The quantitative estimate of drug-likeness (QED) is 0.324. The number of hydrogen-bond donors (Lipinski definition) is 1. The average molecular weight is 551 g/mol. The Labute approximate surface area is 209 Å². The molecule has 1 aromatic carbocycles. The molecule has 1 aromatic heterocycles. The maximum atomic E-state index is 15.1. The first kappa shape index (κ1) is 24.2. The van der Waals surface area contributed by atoms with Crippen LogP contribution in [0.25, 0.3) is 0 Å². The number of hydrogen-bond acceptors (Lipinski definition) is 6. The van der Waals surface area contributed by atoms with Gasteiger partial charge >= 0.3 is 5.97 Å². The number of carbonyl (C=O) groups excluding carboxylic acids is 2. The first-order valence-corrected chi connectivity index (χ1v) is 13.7. The van der Waals surface area contributed by atoms with Crippen LogP contribution in [-0.2, 0) is 14.3 Å². The maximum Gasteiger partial charge on any atom is 0.336 e. The topological polar surface area (TPSA) is 55.4 Å². The highest BCUT2D eigenvalue weighted by Gasteiger charge is 2.42. The van der Waals surface area contributed by atoms with Crippen molar-refractivity contribution in [1.82, 2.24) is 5.32 Å². The van der Waals surface area contributed by atoms with E-state index in [4.69, 9.17) is 4.74 Å². The van der Waals surface area contributed by atoms with Gasteiger partial charge in [-0.2, -0.15) is 11.8 Å². The van der Waals surface area contributed by atoms with Gasteiger partial charge in [-0.25, -0.2) is 9.18 Å². The third kappa shape index (κ3) is 5.12. The number of thioether (sulfide) groups is 1. The molecule has 174 valence electrons. The van der Waals surface area contributed by atoms with Crippen molar-refractivity contribution in [2.45, 2.75) is 38.5 Å². The number of ether oxygens (including phenoxy) is 1. The van der Waals surface area contributed by atoms with Gasteiger partial charge in [-0.1, -0.05) is 28.9 Å². The molecule has 0 saturated carbocycles. The number of rotatable bonds is 7. The van der Waals surface area contributed by atoms with Crippen molar-refractivity contribution < 1.29 is 18.7 Å². The number of ketones is 1. The number of nitrogens with one attached hydrogen (secondary N) is 1. The minimum atomic E-state index is -0.804. The third-order valence-electron chi connectivity index (χ3n) is 5.93. The van der Waals surface area contributed by atoms with E-state index in [1.807, 2.05) is 24.4 Å². The normalized spacial score (nSPS) is 20.5. The van der Waals surface area contributed by atoms with E-state index in [0.29, 0.717) is 45.5 Å². The van der Waals surface area contributed by atoms with Gasteiger partial charge in [0.2, 0.25) is 0 Å². The van der Waals surface area contributed by atoms with Crippen LogP contribution < -0.4 is 5.32 Å². The molecule has 2 aromatic rings. The largest absolute Gasteiger partial charge is 0.461 e. The second-order valence-corrected chi connectivity index (χ2v) is 11.3. The maximum absolute atomic E-state index is 15.1. The number of allylic oxidation sites excluding steroid dienone is 3. The molecular weight excluding hydrogens is 525 g/mol. The van der Waals surface area contributed by atoms with Crippen molar-refractivity contribution in [2.24, 2.45) is 0 Å². The highest BCUT2D eigenvalue weighted by molar-refractivity contribution is 9.10. The van der Waals surface area contributed by atoms with Gasteiger partial charge in [0.25, 0.3) is 0 Å². The Morgan fingerprint density at radius 2 is 2.15 bits per heavy atom. The number of thiophene rings is 1. The highest BCUT2D eigenvalue weighted by atomic mass is 79.9. The molecule has 2 unspecified atom stereocenters. The Morgan fingerprint density at radius 3 is 2.88 bits per heavy atom. The van der Waals surface area contributed by atoms with E-state index in [1.54, 1.807) is 42.2 Å². The fourth-order valence-electron chi connectivity index (χ4n) is 4.50. The molecule has 2 aliphatic rings. The molecule has 1 aliphatic heterocycles. The number of benzene rings is 1. The highest BCUT2D eigenvalue weighted by Crippen LogP contribution is 2.47. The van der Waals surface area contributed by atoms with E-state index < -0.39 is 17.7 Å². The molecule has 0 bridgehead atoms. The summed E-state index contributed by atoms with van der Waals surface area (Å²) >= 11 is 6.73. The molecule has 1 aliphatic carbocycles. The number of halogens is 2. The van der Waals surface area contributed by atoms with Gasteiger partial charge in [0.1, 0.15) is 12.4 Å². The van der Waals surface area contributed by atoms with Gasteiger partial charge < -0.3 is 10.1 Å². The minimum absolute atomic E-state index is 0.0640. The summed E-state index contributed by atoms with van der Waals surface area (Å²) in [5, 5.41) is 5.32. The zero-order valence-electron chi connectivity index (χ0n) is 18.5. The Bertz CT molecular complexity index is 1130. The van der Waals surface area contributed by atoms with Crippen LogP contribution in [0.3, 0.4) is 0 Å². The second kappa shape index (κ2) is 10.6. The number of carbonyl (C=O) groups is 2. The molecule has 2 heterocycles. The smallest absolute Gasteiger partial charge is 0.336 e. The van der Waals surface area contributed by atoms with Crippen LogP contribution in [0, 0.1) is 5.82 Å². The lowest BCUT2D eigenvalue weighted by Gasteiger charge is -2.36. The lowest BCUT2D eigenvalue weighted by molar-refractivity contribution is -0.138. The van der Waals surface area contributed by atoms with Crippen LogP contribution in [0.4, 0.5) is 4.39 Å². The Morgan fingerprint density at radius 1 is 1.33 bits per heavy atom. The van der Waals surface area contributed by atoms with Crippen LogP contribution in [0.15, 0.2) is 62.7 Å². The second-order valence-electron chi connectivity index (χ2n) is 8.03. The lowest BCUT2D eigenvalue weighted by atomic mass is 9.72. The number of dihydropyridines is 1. The molecule has 4 rings (SSSR count). The molecule has 0 amide bonds. The van der Waals surface area contributed by atoms with Crippen LogP contribution >= 0.6 is 39.0 Å². The molecular formula is C25H25BrFNO3S2. The summed E-state index contributed by atoms with van der Waals surface area (Å²) in [6.45, 7) is 4.10. The Balaban J connectivity index is 1.75. The SMILES string of the molecule is CCSCCOC(=O)C1=C(C)NC2=C(C(=O)CC(c3cccs3)C2)C1c1cc(Br)ccc1F. The van der Waals surface area contributed by atoms with Crippen LogP contribution in [0.5, 0.6) is 0 Å². The third-order valence-corrected chi connectivity index (χ3v) is 8.32. The van der Waals surface area contributed by atoms with Crippen molar-refractivity contribution in [3.63, 3.8) is 0 Å². The summed E-state index contributed by atoms with van der Waals surface area (Å²) in [4.78, 5) is 27.8. The minimum Gasteiger partial charge on any atom is -0.461 e. The van der Waals surface area contributed by atoms with Crippen LogP contribution in [0.1, 0.15) is 49.0 Å². The lowest BCUT2D eigenvalue weighted by Crippen LogP contribution is -2.36. The zero-order valence-corrected chi connectivity index (χ0v) is 21.7. The molecule has 2 atom stereocenters. The first-order valence-electron chi connectivity index (χ1n) is 10.9. The summed E-state index contributed by atoms with van der Waals surface area (Å²) in [6.07, 6.45) is 0.974. The molecule has 0 spiro atoms. The standard InChI is InChI=1S/C25H25BrFNO3S2/c1-3-32-10-8-31-25(30)22-14(2)28-19-11-15(21-5-4-9-33-21)12-20(29)24(19)23(22)17-13-16(26)6-7-18(17)27/h4-7,9,13,15,23,28H,3,8,10-12H2,1-2H3. The summed E-state index contributed by atoms with van der Waals surface area (Å²) in [5.74, 6) is -0.140. The monoisotopic (exact) mass is 549 g/mol. The Hall–Kier alpha value is -1.90. The van der Waals surface area contributed by atoms with E-state index >= 15 is 4.39 Å². The predicted octanol–water partition coefficient (Wildman–Crippen LogP) is 6.31. The average Bonchev–Trinajstić information content (AvgIpc) is 3.32. The van der Waals surface area contributed by atoms with Crippen LogP contribution in [-0.4, -0.2) is 29.9 Å². The van der Waals surface area contributed by atoms with Gasteiger partial charge in [-0.05, 0) is 48.7 Å². The van der Waals surface area contributed by atoms with Gasteiger partial charge in [-0.3, -0.25) is 4.79 Å². The van der Waals surface area contributed by atoms with Crippen molar-refractivity contribution in [1.29, 1.82) is 0 Å². The molecule has 0 fully saturated rings. The van der Waals surface area contributed by atoms with Gasteiger partial charge in [0, 0.05) is 50.0 Å². The van der Waals surface area contributed by atoms with Crippen LogP contribution in [0.2, 0.25) is 0 Å². The molecule has 0 saturated heterocycles. The van der Waals surface area contributed by atoms with Gasteiger partial charge in [-0.15, -0.1) is 11.3 Å². The molecule has 0 radical (unpaired) electrons. The number of Topliss-reactive ketones (excluding diaryl/α,β-unsaturated/α-hetero) is 1. The Kier molecular flexibility index (Phi) is 7.76. The van der Waals surface area contributed by atoms with Crippen molar-refractivity contribution in [3.8, 4) is 0 Å². The summed E-state index contributed by atoms with van der Waals surface area (Å²) in [7, 11) is 0. The molecule has 8 heteroatoms. The fraction of sp³-hybridized carbons (Fsp3) is 0.360. The zero-order chi connectivity index (χ0) is 23.5. The van der Waals surface area contributed by atoms with Crippen molar-refractivity contribution in [3.05, 3.63) is 79.0 Å². The van der Waals surface area contributed by atoms with Gasteiger partial charge in [0.15, 0.2) is 5.78 Å². The van der Waals surface area contributed by atoms with Crippen molar-refractivity contribution >= 4 is 50.8 Å². The molecule has 1 N–H and O–H groups in total. The molecule has 33 heavy (non-hydrogen) atoms. The summed E-state index contributed by atoms with van der Waals surface area (Å²) < 4.78 is 21.3. The number of esters is 1. The van der Waals surface area contributed by atoms with E-state index in [0.717, 1.165) is 16.3 Å². The molecule has 4 nitrogen and oxygen atoms in total. The summed E-state index contributed by atoms with van der Waals surface area (Å²) in [5.41, 5.74) is 2.45. The van der Waals surface area contributed by atoms with E-state index in [9.17, 15) is 9.59 Å². The van der Waals surface area contributed by atoms with E-state index in [-0.39, 0.29) is 18.3 Å².